The fourth-order valence-corrected chi connectivity index (χ4v) is 5.37. The van der Waals surface area contributed by atoms with E-state index in [1.807, 2.05) is 36.7 Å². The topological polar surface area (TPSA) is 82.6 Å². The van der Waals surface area contributed by atoms with Gasteiger partial charge in [0.2, 0.25) is 17.7 Å². The van der Waals surface area contributed by atoms with Gasteiger partial charge in [0.1, 0.15) is 12.1 Å². The van der Waals surface area contributed by atoms with Gasteiger partial charge in [0, 0.05) is 26.6 Å². The van der Waals surface area contributed by atoms with Gasteiger partial charge in [0.05, 0.1) is 16.1 Å². The van der Waals surface area contributed by atoms with Crippen molar-refractivity contribution in [3.8, 4) is 10.4 Å². The molecule has 8 heteroatoms. The molecule has 2 aliphatic heterocycles. The van der Waals surface area contributed by atoms with E-state index >= 15 is 0 Å². The number of nitrogens with one attached hydrogen (secondary N) is 1. The average Bonchev–Trinajstić information content (AvgIpc) is 3.52. The normalized spacial score (nSPS) is 20.8. The maximum Gasteiger partial charge on any atom is 0.246 e. The van der Waals surface area contributed by atoms with Crippen molar-refractivity contribution in [2.45, 2.75) is 58.2 Å². The fraction of sp³-hybridized carbons (Fsp3) is 0.478. The minimum atomic E-state index is -0.457. The summed E-state index contributed by atoms with van der Waals surface area (Å²) in [6.45, 7) is 5.11. The third kappa shape index (κ3) is 4.49. The van der Waals surface area contributed by atoms with Gasteiger partial charge >= 0.3 is 0 Å². The second-order valence-electron chi connectivity index (χ2n) is 8.24. The minimum absolute atomic E-state index is 0.0759. The lowest BCUT2D eigenvalue weighted by atomic mass is 10.1. The Morgan fingerprint density at radius 2 is 1.74 bits per heavy atom. The summed E-state index contributed by atoms with van der Waals surface area (Å²) in [5.74, 6) is -0.289. The van der Waals surface area contributed by atoms with Gasteiger partial charge in [-0.2, -0.15) is 0 Å². The van der Waals surface area contributed by atoms with Crippen LogP contribution in [0.2, 0.25) is 0 Å². The first-order valence-corrected chi connectivity index (χ1v) is 11.7. The van der Waals surface area contributed by atoms with Crippen molar-refractivity contribution in [1.82, 2.24) is 20.1 Å². The molecule has 0 aliphatic carbocycles. The van der Waals surface area contributed by atoms with Crippen LogP contribution in [-0.4, -0.2) is 57.7 Å². The monoisotopic (exact) mass is 440 g/mol. The zero-order chi connectivity index (χ0) is 22.0. The number of hydrogen-bond acceptors (Lipinski definition) is 5. The van der Waals surface area contributed by atoms with Crippen LogP contribution in [0.1, 0.15) is 43.9 Å². The summed E-state index contributed by atoms with van der Waals surface area (Å²) in [6, 6.07) is 7.23. The standard InChI is InChI=1S/C23H28N4O3S/c1-15-21(31-14-25-15)18-9-7-17(8-10-18)13-24-22(29)19-5-3-12-27(19)23(30)20-6-4-11-26(20)16(2)28/h7-10,14,19-20H,3-6,11-13H2,1-2H3,(H,24,29). The number of aryl methyl sites for hydroxylation is 1. The molecule has 2 atom stereocenters. The second kappa shape index (κ2) is 9.18. The Balaban J connectivity index is 1.36. The van der Waals surface area contributed by atoms with Crippen LogP contribution in [0.3, 0.4) is 0 Å². The first-order chi connectivity index (χ1) is 15.0. The van der Waals surface area contributed by atoms with E-state index in [0.717, 1.165) is 34.5 Å². The lowest BCUT2D eigenvalue weighted by Crippen LogP contribution is -2.52. The highest BCUT2D eigenvalue weighted by Gasteiger charge is 2.41. The van der Waals surface area contributed by atoms with Crippen molar-refractivity contribution in [3.05, 3.63) is 41.0 Å². The van der Waals surface area contributed by atoms with Gasteiger partial charge in [-0.1, -0.05) is 24.3 Å². The lowest BCUT2D eigenvalue weighted by molar-refractivity contribution is -0.145. The number of hydrogen-bond donors (Lipinski definition) is 1. The van der Waals surface area contributed by atoms with E-state index in [0.29, 0.717) is 32.5 Å². The van der Waals surface area contributed by atoms with Crippen molar-refractivity contribution < 1.29 is 14.4 Å². The lowest BCUT2D eigenvalue weighted by Gasteiger charge is -2.30. The van der Waals surface area contributed by atoms with E-state index in [-0.39, 0.29) is 17.7 Å². The summed E-state index contributed by atoms with van der Waals surface area (Å²) in [6.07, 6.45) is 2.97. The molecule has 2 fully saturated rings. The maximum absolute atomic E-state index is 13.1. The third-order valence-electron chi connectivity index (χ3n) is 6.21. The number of nitrogens with zero attached hydrogens (tertiary/aromatic N) is 3. The highest BCUT2D eigenvalue weighted by molar-refractivity contribution is 7.13. The van der Waals surface area contributed by atoms with Crippen LogP contribution < -0.4 is 5.32 Å². The van der Waals surface area contributed by atoms with E-state index in [4.69, 9.17) is 0 Å². The van der Waals surface area contributed by atoms with E-state index in [2.05, 4.69) is 10.3 Å². The molecule has 2 aromatic rings. The summed E-state index contributed by atoms with van der Waals surface area (Å²) in [5.41, 5.74) is 4.99. The molecule has 1 aromatic carbocycles. The molecule has 7 nitrogen and oxygen atoms in total. The van der Waals surface area contributed by atoms with Gasteiger partial charge in [0.25, 0.3) is 0 Å². The highest BCUT2D eigenvalue weighted by Crippen LogP contribution is 2.27. The van der Waals surface area contributed by atoms with E-state index in [1.54, 1.807) is 21.1 Å². The van der Waals surface area contributed by atoms with Gasteiger partial charge in [-0.05, 0) is 43.7 Å². The van der Waals surface area contributed by atoms with Crippen LogP contribution in [0.25, 0.3) is 10.4 Å². The Bertz CT molecular complexity index is 971. The number of likely N-dealkylation sites (tertiary alicyclic amines) is 2. The van der Waals surface area contributed by atoms with Crippen LogP contribution in [0.15, 0.2) is 29.8 Å². The van der Waals surface area contributed by atoms with Gasteiger partial charge in [-0.25, -0.2) is 4.98 Å². The molecular formula is C23H28N4O3S. The van der Waals surface area contributed by atoms with Crippen molar-refractivity contribution >= 4 is 29.1 Å². The number of rotatable bonds is 5. The largest absolute Gasteiger partial charge is 0.350 e. The van der Waals surface area contributed by atoms with E-state index in [9.17, 15) is 14.4 Å². The highest BCUT2D eigenvalue weighted by atomic mass is 32.1. The number of thiazole rings is 1. The minimum Gasteiger partial charge on any atom is -0.350 e. The molecule has 2 unspecified atom stereocenters. The Morgan fingerprint density at radius 1 is 1.06 bits per heavy atom. The summed E-state index contributed by atoms with van der Waals surface area (Å²) < 4.78 is 0. The number of benzene rings is 1. The van der Waals surface area contributed by atoms with Gasteiger partial charge in [0.15, 0.2) is 0 Å². The summed E-state index contributed by atoms with van der Waals surface area (Å²) in [4.78, 5) is 46.6. The molecule has 1 aromatic heterocycles. The molecule has 0 saturated carbocycles. The number of carbonyl (C=O) groups is 3. The van der Waals surface area contributed by atoms with Crippen LogP contribution in [0, 0.1) is 6.92 Å². The van der Waals surface area contributed by atoms with Gasteiger partial charge in [-0.3, -0.25) is 14.4 Å². The average molecular weight is 441 g/mol. The molecule has 0 bridgehead atoms. The fourth-order valence-electron chi connectivity index (χ4n) is 4.55. The number of amides is 3. The van der Waals surface area contributed by atoms with Gasteiger partial charge in [-0.15, -0.1) is 11.3 Å². The molecule has 0 spiro atoms. The molecule has 2 aliphatic rings. The molecule has 31 heavy (non-hydrogen) atoms. The number of carbonyl (C=O) groups excluding carboxylic acids is 3. The smallest absolute Gasteiger partial charge is 0.246 e. The van der Waals surface area contributed by atoms with Crippen LogP contribution in [0.5, 0.6) is 0 Å². The SMILES string of the molecule is CC(=O)N1CCCC1C(=O)N1CCCC1C(=O)NCc1ccc(-c2scnc2C)cc1. The van der Waals surface area contributed by atoms with Crippen molar-refractivity contribution in [2.24, 2.45) is 0 Å². The molecular weight excluding hydrogens is 412 g/mol. The van der Waals surface area contributed by atoms with Crippen molar-refractivity contribution in [3.63, 3.8) is 0 Å². The molecule has 164 valence electrons. The zero-order valence-electron chi connectivity index (χ0n) is 18.0. The molecule has 0 radical (unpaired) electrons. The maximum atomic E-state index is 13.1. The van der Waals surface area contributed by atoms with Crippen LogP contribution in [-0.2, 0) is 20.9 Å². The first kappa shape index (κ1) is 21.5. The van der Waals surface area contributed by atoms with Crippen molar-refractivity contribution in [1.29, 1.82) is 0 Å². The predicted molar refractivity (Wildman–Crippen MR) is 119 cm³/mol. The quantitative estimate of drug-likeness (QED) is 0.775. The Morgan fingerprint density at radius 3 is 2.39 bits per heavy atom. The predicted octanol–water partition coefficient (Wildman–Crippen LogP) is 2.74. The molecule has 3 heterocycles. The summed E-state index contributed by atoms with van der Waals surface area (Å²) >= 11 is 1.62. The molecule has 4 rings (SSSR count). The first-order valence-electron chi connectivity index (χ1n) is 10.8. The van der Waals surface area contributed by atoms with E-state index in [1.165, 1.54) is 6.92 Å². The van der Waals surface area contributed by atoms with Crippen LogP contribution >= 0.6 is 11.3 Å². The Kier molecular flexibility index (Phi) is 6.36. The van der Waals surface area contributed by atoms with Gasteiger partial charge < -0.3 is 15.1 Å². The molecule has 1 N–H and O–H groups in total. The Labute approximate surface area is 186 Å². The van der Waals surface area contributed by atoms with Crippen LogP contribution in [0.4, 0.5) is 0 Å². The Hall–Kier alpha value is -2.74. The van der Waals surface area contributed by atoms with E-state index < -0.39 is 12.1 Å². The summed E-state index contributed by atoms with van der Waals surface area (Å²) in [5, 5.41) is 2.99. The summed E-state index contributed by atoms with van der Waals surface area (Å²) in [7, 11) is 0. The zero-order valence-corrected chi connectivity index (χ0v) is 18.8. The molecule has 3 amide bonds. The second-order valence-corrected chi connectivity index (χ2v) is 9.10. The van der Waals surface area contributed by atoms with Crippen molar-refractivity contribution in [2.75, 3.05) is 13.1 Å². The molecule has 2 saturated heterocycles. The number of aromatic nitrogens is 1. The third-order valence-corrected chi connectivity index (χ3v) is 7.19.